The van der Waals surface area contributed by atoms with Gasteiger partial charge in [0, 0.05) is 72.5 Å². The van der Waals surface area contributed by atoms with Gasteiger partial charge in [0.15, 0.2) is 0 Å². The molecule has 64 heavy (non-hydrogen) atoms. The molecule has 3 aliphatic heterocycles. The standard InChI is InChI=1S/C56H47N4OSi2.Pt/c1-56(2,3)36-29-30-57-52(31-36)60-44-22-11-8-19-40(44)41-28-27-39(33-47(41)60)61-38-18-16-17-37(32-38)58-35-59(46-24-13-12-23-45(46)58)55-53-42-20-9-14-25-48(42)62(4,5)50(53)34-51-54(55)43-21-10-15-26-49(43)63(51,6)7;/h8-31,34-35H,1-7H3;/q-3;. The van der Waals surface area contributed by atoms with E-state index in [0.29, 0.717) is 11.5 Å². The van der Waals surface area contributed by atoms with Crippen molar-refractivity contribution in [2.24, 2.45) is 0 Å². The summed E-state index contributed by atoms with van der Waals surface area (Å²) in [5, 5.41) is 8.38. The average Bonchev–Trinajstić information content (AvgIpc) is 3.97. The fraction of sp³-hybridized carbons (Fsp3) is 0.143. The molecule has 8 heteroatoms. The summed E-state index contributed by atoms with van der Waals surface area (Å²) in [6.07, 6.45) is 1.91. The van der Waals surface area contributed by atoms with Gasteiger partial charge in [-0.25, -0.2) is 4.98 Å². The third-order valence-electron chi connectivity index (χ3n) is 13.9. The van der Waals surface area contributed by atoms with Crippen molar-refractivity contribution in [2.45, 2.75) is 52.4 Å². The Morgan fingerprint density at radius 1 is 0.578 bits per heavy atom. The van der Waals surface area contributed by atoms with E-state index in [9.17, 15) is 0 Å². The van der Waals surface area contributed by atoms with E-state index in [4.69, 9.17) is 9.72 Å². The van der Waals surface area contributed by atoms with E-state index in [1.165, 1.54) is 43.9 Å². The Morgan fingerprint density at radius 3 is 1.88 bits per heavy atom. The Balaban J connectivity index is 0.00000456. The minimum Gasteiger partial charge on any atom is -0.509 e. The summed E-state index contributed by atoms with van der Waals surface area (Å²) in [6, 6.07) is 60.2. The van der Waals surface area contributed by atoms with Crippen LogP contribution in [0.15, 0.2) is 152 Å². The first-order valence-corrected chi connectivity index (χ1v) is 28.0. The first-order chi connectivity index (χ1) is 30.4. The second-order valence-electron chi connectivity index (χ2n) is 19.3. The van der Waals surface area contributed by atoms with E-state index < -0.39 is 16.1 Å². The van der Waals surface area contributed by atoms with Crippen molar-refractivity contribution in [1.82, 2.24) is 9.55 Å². The number of ether oxygens (including phenoxy) is 1. The first-order valence-electron chi connectivity index (χ1n) is 22.0. The van der Waals surface area contributed by atoms with Crippen molar-refractivity contribution >= 4 is 81.5 Å². The molecule has 318 valence electrons. The van der Waals surface area contributed by atoms with Gasteiger partial charge < -0.3 is 19.1 Å². The zero-order valence-electron chi connectivity index (χ0n) is 37.0. The predicted molar refractivity (Wildman–Crippen MR) is 267 cm³/mol. The van der Waals surface area contributed by atoms with Gasteiger partial charge in [-0.1, -0.05) is 137 Å². The van der Waals surface area contributed by atoms with E-state index in [1.54, 1.807) is 10.4 Å². The van der Waals surface area contributed by atoms with Crippen LogP contribution in [0, 0.1) is 18.8 Å². The molecule has 0 amide bonds. The van der Waals surface area contributed by atoms with Crippen molar-refractivity contribution in [1.29, 1.82) is 0 Å². The van der Waals surface area contributed by atoms with Gasteiger partial charge >= 0.3 is 0 Å². The number of rotatable bonds is 5. The molecular weight excluding hydrogens is 996 g/mol. The molecule has 0 unspecified atom stereocenters. The van der Waals surface area contributed by atoms with Gasteiger partial charge in [-0.05, 0) is 78.6 Å². The number of benzene rings is 7. The normalized spacial score (nSPS) is 15.1. The number of aromatic nitrogens is 2. The summed E-state index contributed by atoms with van der Waals surface area (Å²) in [6.45, 7) is 19.1. The van der Waals surface area contributed by atoms with Crippen LogP contribution in [0.25, 0.3) is 49.9 Å². The molecule has 0 atom stereocenters. The maximum absolute atomic E-state index is 6.71. The van der Waals surface area contributed by atoms with Gasteiger partial charge in [0.1, 0.15) is 22.0 Å². The number of hydrogen-bond donors (Lipinski definition) is 0. The molecule has 7 aromatic carbocycles. The molecule has 0 aliphatic carbocycles. The number of fused-ring (bicyclic) bond motifs is 10. The molecule has 5 heterocycles. The van der Waals surface area contributed by atoms with Gasteiger partial charge in [-0.3, -0.25) is 0 Å². The minimum atomic E-state index is -2.01. The van der Waals surface area contributed by atoms with Crippen LogP contribution in [0.5, 0.6) is 11.5 Å². The van der Waals surface area contributed by atoms with E-state index in [2.05, 4.69) is 214 Å². The van der Waals surface area contributed by atoms with Crippen LogP contribution in [-0.2, 0) is 26.5 Å². The summed E-state index contributed by atoms with van der Waals surface area (Å²) in [7, 11) is -4.03. The summed E-state index contributed by atoms with van der Waals surface area (Å²) in [4.78, 5) is 9.63. The smallest absolute Gasteiger partial charge is 0.135 e. The molecule has 9 aromatic rings. The van der Waals surface area contributed by atoms with E-state index in [0.717, 1.165) is 44.7 Å². The average molecular weight is 1040 g/mol. The topological polar surface area (TPSA) is 33.5 Å². The van der Waals surface area contributed by atoms with E-state index >= 15 is 0 Å². The molecule has 12 rings (SSSR count). The number of hydrogen-bond acceptors (Lipinski definition) is 4. The third-order valence-corrected chi connectivity index (χ3v) is 20.9. The van der Waals surface area contributed by atoms with E-state index in [-0.39, 0.29) is 26.5 Å². The molecule has 2 aromatic heterocycles. The largest absolute Gasteiger partial charge is 0.509 e. The summed E-state index contributed by atoms with van der Waals surface area (Å²) in [5.41, 5.74) is 13.2. The second kappa shape index (κ2) is 14.5. The molecule has 0 saturated carbocycles. The van der Waals surface area contributed by atoms with Crippen LogP contribution in [0.3, 0.4) is 0 Å². The molecule has 5 nitrogen and oxygen atoms in total. The molecule has 0 bridgehead atoms. The Hall–Kier alpha value is -5.99. The Labute approximate surface area is 392 Å². The Morgan fingerprint density at radius 2 is 1.19 bits per heavy atom. The van der Waals surface area contributed by atoms with Crippen LogP contribution >= 0.6 is 0 Å². The van der Waals surface area contributed by atoms with Gasteiger partial charge in [0.25, 0.3) is 0 Å². The fourth-order valence-electron chi connectivity index (χ4n) is 10.6. The van der Waals surface area contributed by atoms with Gasteiger partial charge in [0.05, 0.1) is 0 Å². The van der Waals surface area contributed by atoms with E-state index in [1.807, 2.05) is 18.3 Å². The monoisotopic (exact) mass is 1040 g/mol. The summed E-state index contributed by atoms with van der Waals surface area (Å²) in [5.74, 6) is 2.10. The maximum Gasteiger partial charge on any atom is 0.135 e. The van der Waals surface area contributed by atoms with Gasteiger partial charge in [-0.15, -0.1) is 48.1 Å². The van der Waals surface area contributed by atoms with Gasteiger partial charge in [-0.2, -0.15) is 12.1 Å². The van der Waals surface area contributed by atoms with Crippen LogP contribution in [0.4, 0.5) is 22.7 Å². The zero-order chi connectivity index (χ0) is 43.0. The van der Waals surface area contributed by atoms with Crippen LogP contribution in [-0.4, -0.2) is 25.7 Å². The number of anilines is 4. The zero-order valence-corrected chi connectivity index (χ0v) is 41.3. The van der Waals surface area contributed by atoms with Crippen molar-refractivity contribution < 1.29 is 25.8 Å². The van der Waals surface area contributed by atoms with Crippen molar-refractivity contribution in [3.05, 3.63) is 176 Å². The molecule has 0 fully saturated rings. The quantitative estimate of drug-likeness (QED) is 0.127. The second-order valence-corrected chi connectivity index (χ2v) is 28.0. The van der Waals surface area contributed by atoms with Gasteiger partial charge in [0.2, 0.25) is 0 Å². The molecule has 0 N–H and O–H groups in total. The molecule has 3 aliphatic rings. The van der Waals surface area contributed by atoms with Crippen molar-refractivity contribution in [3.8, 4) is 39.6 Å². The van der Waals surface area contributed by atoms with Crippen LogP contribution < -0.4 is 35.3 Å². The van der Waals surface area contributed by atoms with Crippen LogP contribution in [0.2, 0.25) is 26.2 Å². The minimum absolute atomic E-state index is 0. The SMILES string of the molecule is CC(C)(C)c1ccnc(-n2c3[c-]c(Oc4[c-]c(N5[CH-]N(c6c7c(cc8c6-c6ccccc6[Si]8(C)C)[Si](C)(C)c6ccccc6-7)c6ccccc65)ccc4)ccc3c3ccccc32)c1.[Pt]. The third kappa shape index (κ3) is 5.93. The summed E-state index contributed by atoms with van der Waals surface area (Å²) < 4.78 is 8.91. The van der Waals surface area contributed by atoms with Crippen molar-refractivity contribution in [2.75, 3.05) is 9.80 Å². The predicted octanol–water partition coefficient (Wildman–Crippen LogP) is 11.9. The number of para-hydroxylation sites is 3. The number of nitrogens with zero attached hydrogens (tertiary/aromatic N) is 4. The summed E-state index contributed by atoms with van der Waals surface area (Å²) >= 11 is 0. The molecular formula is C56H47N4OPtSi2-3. The maximum atomic E-state index is 6.71. The fourth-order valence-corrected chi connectivity index (χ4v) is 16.9. The number of pyridine rings is 1. The molecule has 0 saturated heterocycles. The van der Waals surface area contributed by atoms with Crippen molar-refractivity contribution in [3.63, 3.8) is 0 Å². The first kappa shape index (κ1) is 40.8. The van der Waals surface area contributed by atoms with Crippen LogP contribution in [0.1, 0.15) is 26.3 Å². The Bertz CT molecular complexity index is 3300. The Kier molecular flexibility index (Phi) is 9.24. The molecule has 0 radical (unpaired) electrons. The molecule has 0 spiro atoms.